The van der Waals surface area contributed by atoms with E-state index >= 15 is 0 Å². The van der Waals surface area contributed by atoms with Crippen LogP contribution in [0.2, 0.25) is 0 Å². The van der Waals surface area contributed by atoms with Crippen LogP contribution in [0.5, 0.6) is 5.75 Å². The van der Waals surface area contributed by atoms with E-state index in [0.29, 0.717) is 11.1 Å². The van der Waals surface area contributed by atoms with Gasteiger partial charge in [-0.3, -0.25) is 4.79 Å². The Hall–Kier alpha value is -2.87. The van der Waals surface area contributed by atoms with Gasteiger partial charge in [0.25, 0.3) is 5.91 Å². The molecule has 0 fully saturated rings. The summed E-state index contributed by atoms with van der Waals surface area (Å²) in [6, 6.07) is 14.3. The summed E-state index contributed by atoms with van der Waals surface area (Å²) in [4.78, 5) is 12.5. The predicted octanol–water partition coefficient (Wildman–Crippen LogP) is 3.92. The zero-order chi connectivity index (χ0) is 18.4. The lowest BCUT2D eigenvalue weighted by Gasteiger charge is -2.31. The number of nitriles is 1. The van der Waals surface area contributed by atoms with Crippen molar-refractivity contribution in [2.75, 3.05) is 6.61 Å². The normalized spacial score (nSPS) is 12.1. The molecule has 0 bridgehead atoms. The van der Waals surface area contributed by atoms with Gasteiger partial charge in [-0.1, -0.05) is 39.0 Å². The Kier molecular flexibility index (Phi) is 5.76. The second-order valence-electron chi connectivity index (χ2n) is 6.83. The van der Waals surface area contributed by atoms with E-state index in [1.54, 1.807) is 36.4 Å². The van der Waals surface area contributed by atoms with E-state index in [4.69, 9.17) is 10.00 Å². The molecule has 130 valence electrons. The topological polar surface area (TPSA) is 62.1 Å². The van der Waals surface area contributed by atoms with E-state index in [9.17, 15) is 9.18 Å². The molecule has 2 aromatic rings. The number of carbonyl (C=O) groups excluding carboxylic acids is 1. The van der Waals surface area contributed by atoms with Crippen molar-refractivity contribution >= 4 is 5.91 Å². The smallest absolute Gasteiger partial charge is 0.251 e. The number of carbonyl (C=O) groups is 1. The van der Waals surface area contributed by atoms with Crippen molar-refractivity contribution in [1.29, 1.82) is 5.26 Å². The Morgan fingerprint density at radius 3 is 2.60 bits per heavy atom. The molecule has 0 radical (unpaired) electrons. The summed E-state index contributed by atoms with van der Waals surface area (Å²) >= 11 is 0. The standard InChI is InChI=1S/C20H21FN2O2/c1-20(2,3)18(13-25-17-10-5-4-9-16(17)21)23-19(24)15-8-6-7-14(11-15)12-22/h4-11,18H,13H2,1-3H3,(H,23,24). The van der Waals surface area contributed by atoms with Gasteiger partial charge in [-0.15, -0.1) is 0 Å². The van der Waals surface area contributed by atoms with Crippen molar-refractivity contribution in [2.24, 2.45) is 5.41 Å². The number of hydrogen-bond donors (Lipinski definition) is 1. The molecule has 2 aromatic carbocycles. The van der Waals surface area contributed by atoms with Gasteiger partial charge < -0.3 is 10.1 Å². The number of nitrogens with one attached hydrogen (secondary N) is 1. The van der Waals surface area contributed by atoms with Gasteiger partial charge in [0.1, 0.15) is 6.61 Å². The first kappa shape index (κ1) is 18.5. The average Bonchev–Trinajstić information content (AvgIpc) is 2.58. The van der Waals surface area contributed by atoms with E-state index in [1.165, 1.54) is 12.1 Å². The van der Waals surface area contributed by atoms with Crippen LogP contribution in [-0.2, 0) is 0 Å². The molecule has 1 amide bonds. The number of rotatable bonds is 5. The first-order valence-electron chi connectivity index (χ1n) is 7.99. The fourth-order valence-corrected chi connectivity index (χ4v) is 2.21. The minimum Gasteiger partial charge on any atom is -0.488 e. The average molecular weight is 340 g/mol. The third kappa shape index (κ3) is 5.05. The van der Waals surface area contributed by atoms with E-state index in [2.05, 4.69) is 5.32 Å². The molecule has 0 aromatic heterocycles. The fraction of sp³-hybridized carbons (Fsp3) is 0.300. The van der Waals surface area contributed by atoms with Crippen molar-refractivity contribution in [1.82, 2.24) is 5.32 Å². The zero-order valence-electron chi connectivity index (χ0n) is 14.5. The first-order valence-corrected chi connectivity index (χ1v) is 7.99. The number of para-hydroxylation sites is 1. The highest BCUT2D eigenvalue weighted by atomic mass is 19.1. The monoisotopic (exact) mass is 340 g/mol. The lowest BCUT2D eigenvalue weighted by molar-refractivity contribution is 0.0860. The lowest BCUT2D eigenvalue weighted by atomic mass is 9.87. The first-order chi connectivity index (χ1) is 11.8. The number of halogens is 1. The number of nitrogens with zero attached hydrogens (tertiary/aromatic N) is 1. The van der Waals surface area contributed by atoms with Crippen LogP contribution < -0.4 is 10.1 Å². The SMILES string of the molecule is CC(C)(C)C(COc1ccccc1F)NC(=O)c1cccc(C#N)c1. The third-order valence-corrected chi connectivity index (χ3v) is 3.85. The molecule has 0 heterocycles. The molecule has 5 heteroatoms. The highest BCUT2D eigenvalue weighted by molar-refractivity contribution is 5.94. The van der Waals surface area contributed by atoms with Crippen LogP contribution in [0, 0.1) is 22.6 Å². The van der Waals surface area contributed by atoms with Gasteiger partial charge in [-0.25, -0.2) is 4.39 Å². The van der Waals surface area contributed by atoms with Crippen molar-refractivity contribution < 1.29 is 13.9 Å². The summed E-state index contributed by atoms with van der Waals surface area (Å²) < 4.78 is 19.3. The maximum atomic E-state index is 13.7. The largest absolute Gasteiger partial charge is 0.488 e. The van der Waals surface area contributed by atoms with Crippen LogP contribution in [0.1, 0.15) is 36.7 Å². The Bertz CT molecular complexity index is 791. The van der Waals surface area contributed by atoms with Crippen LogP contribution in [0.25, 0.3) is 0 Å². The van der Waals surface area contributed by atoms with Crippen molar-refractivity contribution in [3.05, 3.63) is 65.5 Å². The molecule has 1 unspecified atom stereocenters. The van der Waals surface area contributed by atoms with Gasteiger partial charge in [0.05, 0.1) is 17.7 Å². The van der Waals surface area contributed by atoms with Gasteiger partial charge in [0, 0.05) is 5.56 Å². The van der Waals surface area contributed by atoms with E-state index in [-0.39, 0.29) is 29.7 Å². The van der Waals surface area contributed by atoms with E-state index in [1.807, 2.05) is 26.8 Å². The molecular formula is C20H21FN2O2. The Labute approximate surface area is 147 Å². The quantitative estimate of drug-likeness (QED) is 0.897. The Morgan fingerprint density at radius 2 is 1.96 bits per heavy atom. The van der Waals surface area contributed by atoms with Crippen molar-refractivity contribution in [2.45, 2.75) is 26.8 Å². The van der Waals surface area contributed by atoms with Gasteiger partial charge >= 0.3 is 0 Å². The minimum atomic E-state index is -0.441. The molecule has 1 atom stereocenters. The van der Waals surface area contributed by atoms with Crippen LogP contribution >= 0.6 is 0 Å². The van der Waals surface area contributed by atoms with Crippen LogP contribution in [0.3, 0.4) is 0 Å². The second kappa shape index (κ2) is 7.80. The molecule has 25 heavy (non-hydrogen) atoms. The van der Waals surface area contributed by atoms with Gasteiger partial charge in [-0.2, -0.15) is 5.26 Å². The molecular weight excluding hydrogens is 319 g/mol. The summed E-state index contributed by atoms with van der Waals surface area (Å²) in [5.74, 6) is -0.588. The van der Waals surface area contributed by atoms with Gasteiger partial charge in [0.15, 0.2) is 11.6 Å². The highest BCUT2D eigenvalue weighted by Crippen LogP contribution is 2.22. The predicted molar refractivity (Wildman–Crippen MR) is 93.8 cm³/mol. The van der Waals surface area contributed by atoms with E-state index in [0.717, 1.165) is 0 Å². The molecule has 0 spiro atoms. The minimum absolute atomic E-state index is 0.133. The van der Waals surface area contributed by atoms with Crippen LogP contribution in [0.15, 0.2) is 48.5 Å². The Morgan fingerprint density at radius 1 is 1.24 bits per heavy atom. The van der Waals surface area contributed by atoms with Crippen LogP contribution in [-0.4, -0.2) is 18.6 Å². The van der Waals surface area contributed by atoms with Crippen molar-refractivity contribution in [3.63, 3.8) is 0 Å². The van der Waals surface area contributed by atoms with E-state index < -0.39 is 5.82 Å². The molecule has 1 N–H and O–H groups in total. The number of ether oxygens (including phenoxy) is 1. The lowest BCUT2D eigenvalue weighted by Crippen LogP contribution is -2.47. The third-order valence-electron chi connectivity index (χ3n) is 3.85. The highest BCUT2D eigenvalue weighted by Gasteiger charge is 2.27. The maximum Gasteiger partial charge on any atom is 0.251 e. The molecule has 2 rings (SSSR count). The summed E-state index contributed by atoms with van der Waals surface area (Å²) in [7, 11) is 0. The summed E-state index contributed by atoms with van der Waals surface area (Å²) in [5, 5.41) is 11.9. The van der Waals surface area contributed by atoms with Crippen LogP contribution in [0.4, 0.5) is 4.39 Å². The summed E-state index contributed by atoms with van der Waals surface area (Å²) in [6.07, 6.45) is 0. The molecule has 0 saturated heterocycles. The van der Waals surface area contributed by atoms with Gasteiger partial charge in [-0.05, 0) is 35.7 Å². The molecule has 0 aliphatic heterocycles. The molecule has 0 aliphatic carbocycles. The molecule has 0 aliphatic rings. The molecule has 0 saturated carbocycles. The number of benzene rings is 2. The number of amides is 1. The molecule has 4 nitrogen and oxygen atoms in total. The number of hydrogen-bond acceptors (Lipinski definition) is 3. The summed E-state index contributed by atoms with van der Waals surface area (Å²) in [6.45, 7) is 6.03. The summed E-state index contributed by atoms with van der Waals surface area (Å²) in [5.41, 5.74) is 0.523. The zero-order valence-corrected chi connectivity index (χ0v) is 14.5. The fourth-order valence-electron chi connectivity index (χ4n) is 2.21. The second-order valence-corrected chi connectivity index (χ2v) is 6.83. The maximum absolute atomic E-state index is 13.7. The Balaban J connectivity index is 2.11. The van der Waals surface area contributed by atoms with Crippen molar-refractivity contribution in [3.8, 4) is 11.8 Å². The van der Waals surface area contributed by atoms with Gasteiger partial charge in [0.2, 0.25) is 0 Å².